The van der Waals surface area contributed by atoms with Gasteiger partial charge in [-0.25, -0.2) is 0 Å². The summed E-state index contributed by atoms with van der Waals surface area (Å²) in [5, 5.41) is 0. The monoisotopic (exact) mass is 280 g/mol. The lowest BCUT2D eigenvalue weighted by molar-refractivity contribution is -0.0339. The van der Waals surface area contributed by atoms with Gasteiger partial charge in [0.1, 0.15) is 11.7 Å². The van der Waals surface area contributed by atoms with Gasteiger partial charge in [0.15, 0.2) is 0 Å². The highest BCUT2D eigenvalue weighted by molar-refractivity contribution is 7.86. The third-order valence-electron chi connectivity index (χ3n) is 3.72. The predicted octanol–water partition coefficient (Wildman–Crippen LogP) is 2.27. The molecule has 4 nitrogen and oxygen atoms in total. The molecule has 2 heterocycles. The Balaban J connectivity index is 1.86. The Labute approximate surface area is 113 Å². The highest BCUT2D eigenvalue weighted by Gasteiger charge is 2.55. The summed E-state index contributed by atoms with van der Waals surface area (Å²) < 4.78 is 35.6. The standard InChI is InChI=1S/C14H16O4S/c1-13-8-9-14(2,18-13)12(10-13)17-19(15,16)11-6-4-3-5-7-11/h3-9,12H,10H2,1-2H3. The second kappa shape index (κ2) is 3.91. The van der Waals surface area contributed by atoms with Gasteiger partial charge >= 0.3 is 0 Å². The van der Waals surface area contributed by atoms with E-state index in [1.165, 1.54) is 12.1 Å². The molecule has 0 amide bonds. The van der Waals surface area contributed by atoms with Crippen molar-refractivity contribution in [2.45, 2.75) is 42.5 Å². The maximum absolute atomic E-state index is 12.2. The Morgan fingerprint density at radius 1 is 1.21 bits per heavy atom. The van der Waals surface area contributed by atoms with Crippen molar-refractivity contribution in [1.82, 2.24) is 0 Å². The highest BCUT2D eigenvalue weighted by atomic mass is 32.2. The van der Waals surface area contributed by atoms with E-state index < -0.39 is 27.4 Å². The fraction of sp³-hybridized carbons (Fsp3) is 0.429. The zero-order valence-corrected chi connectivity index (χ0v) is 11.7. The molecule has 3 rings (SSSR count). The SMILES string of the molecule is CC12C=CC(C)(O1)C(OS(=O)(=O)c1ccccc1)C2. The molecule has 2 aliphatic rings. The Bertz CT molecular complexity index is 622. The number of hydrogen-bond donors (Lipinski definition) is 0. The Hall–Kier alpha value is -1.17. The van der Waals surface area contributed by atoms with Crippen LogP contribution in [-0.4, -0.2) is 25.7 Å². The van der Waals surface area contributed by atoms with Crippen molar-refractivity contribution in [3.63, 3.8) is 0 Å². The molecule has 0 radical (unpaired) electrons. The second-order valence-electron chi connectivity index (χ2n) is 5.49. The molecule has 0 N–H and O–H groups in total. The van der Waals surface area contributed by atoms with E-state index in [1.54, 1.807) is 18.2 Å². The molecule has 1 aromatic rings. The smallest absolute Gasteiger partial charge is 0.297 e. The number of hydrogen-bond acceptors (Lipinski definition) is 4. The van der Waals surface area contributed by atoms with Crippen LogP contribution in [0.2, 0.25) is 0 Å². The average Bonchev–Trinajstić information content (AvgIpc) is 2.78. The summed E-state index contributed by atoms with van der Waals surface area (Å²) in [6.07, 6.45) is 3.93. The number of rotatable bonds is 3. The zero-order valence-electron chi connectivity index (χ0n) is 10.9. The first-order valence-electron chi connectivity index (χ1n) is 6.22. The van der Waals surface area contributed by atoms with Crippen molar-refractivity contribution >= 4 is 10.1 Å². The molecule has 102 valence electrons. The largest absolute Gasteiger partial charge is 0.358 e. The van der Waals surface area contributed by atoms with Crippen molar-refractivity contribution in [2.24, 2.45) is 0 Å². The summed E-state index contributed by atoms with van der Waals surface area (Å²) in [7, 11) is -3.74. The van der Waals surface area contributed by atoms with E-state index in [1.807, 2.05) is 26.0 Å². The van der Waals surface area contributed by atoms with Crippen LogP contribution in [0.4, 0.5) is 0 Å². The fourth-order valence-electron chi connectivity index (χ4n) is 2.69. The predicted molar refractivity (Wildman–Crippen MR) is 70.2 cm³/mol. The van der Waals surface area contributed by atoms with E-state index in [2.05, 4.69) is 0 Å². The van der Waals surface area contributed by atoms with E-state index in [0.29, 0.717) is 6.42 Å². The van der Waals surface area contributed by atoms with Gasteiger partial charge in [-0.3, -0.25) is 4.18 Å². The lowest BCUT2D eigenvalue weighted by Crippen LogP contribution is -2.36. The minimum atomic E-state index is -3.74. The molecule has 1 fully saturated rings. The molecular formula is C14H16O4S. The van der Waals surface area contributed by atoms with Crippen LogP contribution in [-0.2, 0) is 19.0 Å². The molecule has 1 aromatic carbocycles. The van der Waals surface area contributed by atoms with Gasteiger partial charge in [0.05, 0.1) is 10.5 Å². The lowest BCUT2D eigenvalue weighted by Gasteiger charge is -2.25. The number of benzene rings is 1. The van der Waals surface area contributed by atoms with Gasteiger partial charge in [-0.15, -0.1) is 0 Å². The van der Waals surface area contributed by atoms with Crippen LogP contribution in [0.5, 0.6) is 0 Å². The van der Waals surface area contributed by atoms with Crippen LogP contribution in [0.1, 0.15) is 20.3 Å². The van der Waals surface area contributed by atoms with Crippen LogP contribution in [0.15, 0.2) is 47.4 Å². The molecule has 0 aromatic heterocycles. The normalized spacial score (nSPS) is 36.8. The van der Waals surface area contributed by atoms with Crippen LogP contribution in [0.25, 0.3) is 0 Å². The van der Waals surface area contributed by atoms with Gasteiger partial charge < -0.3 is 4.74 Å². The molecule has 2 bridgehead atoms. The molecule has 5 heteroatoms. The van der Waals surface area contributed by atoms with Crippen molar-refractivity contribution in [2.75, 3.05) is 0 Å². The van der Waals surface area contributed by atoms with Gasteiger partial charge in [0, 0.05) is 6.42 Å². The molecule has 0 aliphatic carbocycles. The molecule has 1 saturated heterocycles. The van der Waals surface area contributed by atoms with Crippen molar-refractivity contribution in [1.29, 1.82) is 0 Å². The topological polar surface area (TPSA) is 52.6 Å². The van der Waals surface area contributed by atoms with E-state index in [4.69, 9.17) is 8.92 Å². The van der Waals surface area contributed by atoms with Crippen LogP contribution in [0.3, 0.4) is 0 Å². The first kappa shape index (κ1) is 12.8. The van der Waals surface area contributed by atoms with Crippen molar-refractivity contribution in [3.8, 4) is 0 Å². The third kappa shape index (κ3) is 2.12. The summed E-state index contributed by atoms with van der Waals surface area (Å²) in [6.45, 7) is 3.79. The number of fused-ring (bicyclic) bond motifs is 2. The molecule has 0 saturated carbocycles. The third-order valence-corrected chi connectivity index (χ3v) is 5.06. The molecule has 3 atom stereocenters. The molecule has 0 spiro atoms. The molecule has 19 heavy (non-hydrogen) atoms. The van der Waals surface area contributed by atoms with Gasteiger partial charge in [0.25, 0.3) is 10.1 Å². The van der Waals surface area contributed by atoms with E-state index in [0.717, 1.165) is 0 Å². The van der Waals surface area contributed by atoms with E-state index in [-0.39, 0.29) is 4.90 Å². The van der Waals surface area contributed by atoms with E-state index in [9.17, 15) is 8.42 Å². The average molecular weight is 280 g/mol. The summed E-state index contributed by atoms with van der Waals surface area (Å²) in [4.78, 5) is 0.176. The lowest BCUT2D eigenvalue weighted by atomic mass is 9.88. The molecule has 2 aliphatic heterocycles. The van der Waals surface area contributed by atoms with Crippen LogP contribution >= 0.6 is 0 Å². The van der Waals surface area contributed by atoms with Gasteiger partial charge in [-0.2, -0.15) is 8.42 Å². The summed E-state index contributed by atoms with van der Waals surface area (Å²) >= 11 is 0. The van der Waals surface area contributed by atoms with Crippen LogP contribution < -0.4 is 0 Å². The molecular weight excluding hydrogens is 264 g/mol. The first-order valence-corrected chi connectivity index (χ1v) is 7.63. The maximum Gasteiger partial charge on any atom is 0.297 e. The van der Waals surface area contributed by atoms with Crippen molar-refractivity contribution in [3.05, 3.63) is 42.5 Å². The first-order chi connectivity index (χ1) is 8.83. The zero-order chi connectivity index (χ0) is 13.7. The Morgan fingerprint density at radius 2 is 1.89 bits per heavy atom. The fourth-order valence-corrected chi connectivity index (χ4v) is 3.86. The van der Waals surface area contributed by atoms with Gasteiger partial charge in [0.2, 0.25) is 0 Å². The van der Waals surface area contributed by atoms with Gasteiger partial charge in [-0.1, -0.05) is 30.4 Å². The van der Waals surface area contributed by atoms with E-state index >= 15 is 0 Å². The minimum Gasteiger partial charge on any atom is -0.358 e. The minimum absolute atomic E-state index is 0.176. The summed E-state index contributed by atoms with van der Waals surface area (Å²) in [6, 6.07) is 8.18. The second-order valence-corrected chi connectivity index (χ2v) is 7.06. The summed E-state index contributed by atoms with van der Waals surface area (Å²) in [5.41, 5.74) is -1.07. The van der Waals surface area contributed by atoms with Gasteiger partial charge in [-0.05, 0) is 26.0 Å². The Kier molecular flexibility index (Phi) is 2.64. The Morgan fingerprint density at radius 3 is 2.42 bits per heavy atom. The summed E-state index contributed by atoms with van der Waals surface area (Å²) in [5.74, 6) is 0. The number of ether oxygens (including phenoxy) is 1. The maximum atomic E-state index is 12.2. The van der Waals surface area contributed by atoms with Crippen molar-refractivity contribution < 1.29 is 17.3 Å². The van der Waals surface area contributed by atoms with Crippen LogP contribution in [0, 0.1) is 0 Å². The highest BCUT2D eigenvalue weighted by Crippen LogP contribution is 2.47. The molecule has 3 unspecified atom stereocenters. The quantitative estimate of drug-likeness (QED) is 0.629.